The van der Waals surface area contributed by atoms with Gasteiger partial charge in [0, 0.05) is 48.2 Å². The van der Waals surface area contributed by atoms with Crippen molar-refractivity contribution < 1.29 is 14.3 Å². The lowest BCUT2D eigenvalue weighted by Gasteiger charge is -2.25. The molecule has 4 heterocycles. The number of hydrogen-bond acceptors (Lipinski definition) is 6. The Morgan fingerprint density at radius 3 is 2.76 bits per heavy atom. The second-order valence-corrected chi connectivity index (χ2v) is 9.13. The Bertz CT molecular complexity index is 1450. The van der Waals surface area contributed by atoms with Crippen LogP contribution in [0.15, 0.2) is 42.9 Å². The van der Waals surface area contributed by atoms with Crippen molar-refractivity contribution in [3.05, 3.63) is 65.0 Å². The first kappa shape index (κ1) is 22.2. The van der Waals surface area contributed by atoms with E-state index >= 15 is 4.39 Å². The van der Waals surface area contributed by atoms with Crippen LogP contribution < -0.4 is 5.32 Å². The highest BCUT2D eigenvalue weighted by molar-refractivity contribution is 6.36. The van der Waals surface area contributed by atoms with Gasteiger partial charge in [-0.3, -0.25) is 14.5 Å². The third kappa shape index (κ3) is 3.76. The van der Waals surface area contributed by atoms with Crippen LogP contribution in [0.4, 0.5) is 16.0 Å². The van der Waals surface area contributed by atoms with Gasteiger partial charge in [-0.2, -0.15) is 5.10 Å². The molecule has 34 heavy (non-hydrogen) atoms. The standard InChI is InChI=1S/C24H22ClFN6O2/c1-13-4-5-27-9-16(13)15-6-14-7-19(28-10-17(14)22(25)23(15)26)29-20-8-18-24(2,34)12-31(3)21(33)11-32(18)30-20/h4-10,34H,11-12H2,1-3H3,(H,28,29,30). The fraction of sp³-hybridized carbons (Fsp3) is 0.250. The number of rotatable bonds is 3. The number of aromatic nitrogens is 4. The van der Waals surface area contributed by atoms with E-state index in [1.807, 2.05) is 13.0 Å². The summed E-state index contributed by atoms with van der Waals surface area (Å²) in [5, 5.41) is 19.6. The number of nitrogens with one attached hydrogen (secondary N) is 1. The number of aryl methyl sites for hydroxylation is 1. The third-order valence-corrected chi connectivity index (χ3v) is 6.44. The van der Waals surface area contributed by atoms with E-state index in [9.17, 15) is 9.90 Å². The molecule has 5 rings (SSSR count). The first-order valence-electron chi connectivity index (χ1n) is 10.6. The van der Waals surface area contributed by atoms with Crippen molar-refractivity contribution in [3.8, 4) is 11.1 Å². The number of amides is 1. The van der Waals surface area contributed by atoms with Crippen molar-refractivity contribution in [3.63, 3.8) is 0 Å². The van der Waals surface area contributed by atoms with Crippen LogP contribution >= 0.6 is 11.6 Å². The van der Waals surface area contributed by atoms with Crippen molar-refractivity contribution in [2.24, 2.45) is 0 Å². The Morgan fingerprint density at radius 2 is 2.00 bits per heavy atom. The molecule has 1 aliphatic heterocycles. The van der Waals surface area contributed by atoms with Gasteiger partial charge in [-0.1, -0.05) is 11.6 Å². The molecule has 0 bridgehead atoms. The minimum Gasteiger partial charge on any atom is -0.382 e. The Balaban J connectivity index is 1.53. The van der Waals surface area contributed by atoms with Crippen molar-refractivity contribution in [2.75, 3.05) is 18.9 Å². The third-order valence-electron chi connectivity index (χ3n) is 6.07. The number of carbonyl (C=O) groups excluding carboxylic acids is 1. The van der Waals surface area contributed by atoms with Crippen LogP contribution in [0.2, 0.25) is 5.02 Å². The fourth-order valence-electron chi connectivity index (χ4n) is 4.28. The average molecular weight is 481 g/mol. The number of halogens is 2. The number of nitrogens with zero attached hydrogens (tertiary/aromatic N) is 5. The number of benzene rings is 1. The van der Waals surface area contributed by atoms with Crippen LogP contribution in [0.25, 0.3) is 21.9 Å². The van der Waals surface area contributed by atoms with Crippen LogP contribution in [-0.2, 0) is 16.9 Å². The first-order valence-corrected chi connectivity index (χ1v) is 11.0. The summed E-state index contributed by atoms with van der Waals surface area (Å²) in [5.74, 6) is 0.214. The predicted molar refractivity (Wildman–Crippen MR) is 127 cm³/mol. The number of β-amino-alcohol motifs (C(OH)–C–C–N with tert-alkyl or cyclic N) is 1. The van der Waals surface area contributed by atoms with Crippen LogP contribution in [0.1, 0.15) is 18.2 Å². The minimum absolute atomic E-state index is 0.0119. The summed E-state index contributed by atoms with van der Waals surface area (Å²) in [7, 11) is 1.65. The molecule has 0 spiro atoms. The average Bonchev–Trinajstić information content (AvgIpc) is 3.16. The smallest absolute Gasteiger partial charge is 0.244 e. The summed E-state index contributed by atoms with van der Waals surface area (Å²) >= 11 is 6.35. The van der Waals surface area contributed by atoms with Crippen molar-refractivity contribution in [1.82, 2.24) is 24.6 Å². The van der Waals surface area contributed by atoms with Gasteiger partial charge < -0.3 is 15.3 Å². The van der Waals surface area contributed by atoms with Gasteiger partial charge in [0.2, 0.25) is 5.91 Å². The van der Waals surface area contributed by atoms with E-state index in [0.717, 1.165) is 5.56 Å². The van der Waals surface area contributed by atoms with Gasteiger partial charge in [0.1, 0.15) is 23.8 Å². The van der Waals surface area contributed by atoms with E-state index in [0.29, 0.717) is 39.2 Å². The van der Waals surface area contributed by atoms with Gasteiger partial charge in [-0.25, -0.2) is 9.37 Å². The maximum atomic E-state index is 15.1. The number of aliphatic hydroxyl groups is 1. The van der Waals surface area contributed by atoms with Gasteiger partial charge in [0.05, 0.1) is 17.3 Å². The topological polar surface area (TPSA) is 96.2 Å². The number of anilines is 2. The van der Waals surface area contributed by atoms with Crippen LogP contribution in [0, 0.1) is 12.7 Å². The maximum absolute atomic E-state index is 15.1. The second-order valence-electron chi connectivity index (χ2n) is 8.75. The lowest BCUT2D eigenvalue weighted by Crippen LogP contribution is -2.37. The molecule has 10 heteroatoms. The molecular weight excluding hydrogens is 459 g/mol. The molecular formula is C24H22ClFN6O2. The van der Waals surface area contributed by atoms with Gasteiger partial charge in [0.25, 0.3) is 0 Å². The molecule has 2 N–H and O–H groups in total. The normalized spacial score (nSPS) is 18.2. The summed E-state index contributed by atoms with van der Waals surface area (Å²) in [6.45, 7) is 3.71. The molecule has 1 amide bonds. The van der Waals surface area contributed by atoms with Crippen molar-refractivity contribution in [2.45, 2.75) is 26.0 Å². The van der Waals surface area contributed by atoms with Crippen LogP contribution in [0.5, 0.6) is 0 Å². The highest BCUT2D eigenvalue weighted by atomic mass is 35.5. The molecule has 0 aliphatic carbocycles. The van der Waals surface area contributed by atoms with Gasteiger partial charge in [-0.15, -0.1) is 0 Å². The summed E-state index contributed by atoms with van der Waals surface area (Å²) in [6.07, 6.45) is 4.76. The van der Waals surface area contributed by atoms with Gasteiger partial charge >= 0.3 is 0 Å². The zero-order valence-corrected chi connectivity index (χ0v) is 19.6. The predicted octanol–water partition coefficient (Wildman–Crippen LogP) is 4.02. The Morgan fingerprint density at radius 1 is 1.21 bits per heavy atom. The highest BCUT2D eigenvalue weighted by Crippen LogP contribution is 2.36. The van der Waals surface area contributed by atoms with E-state index in [2.05, 4.69) is 20.4 Å². The maximum Gasteiger partial charge on any atom is 0.244 e. The molecule has 1 aliphatic rings. The van der Waals surface area contributed by atoms with Crippen molar-refractivity contribution in [1.29, 1.82) is 0 Å². The molecule has 0 radical (unpaired) electrons. The summed E-state index contributed by atoms with van der Waals surface area (Å²) in [6, 6.07) is 6.97. The van der Waals surface area contributed by atoms with Gasteiger partial charge in [-0.05, 0) is 43.0 Å². The Hall–Kier alpha value is -3.56. The lowest BCUT2D eigenvalue weighted by molar-refractivity contribution is -0.132. The Labute approximate surface area is 200 Å². The minimum atomic E-state index is -1.26. The number of hydrogen-bond donors (Lipinski definition) is 2. The molecule has 0 saturated carbocycles. The summed E-state index contributed by atoms with van der Waals surface area (Å²) < 4.78 is 16.6. The number of fused-ring (bicyclic) bond motifs is 2. The van der Waals surface area contributed by atoms with E-state index in [1.165, 1.54) is 15.8 Å². The van der Waals surface area contributed by atoms with Crippen molar-refractivity contribution >= 4 is 39.9 Å². The highest BCUT2D eigenvalue weighted by Gasteiger charge is 2.35. The Kier molecular flexibility index (Phi) is 5.26. The molecule has 0 saturated heterocycles. The van der Waals surface area contributed by atoms with Crippen LogP contribution in [0.3, 0.4) is 0 Å². The zero-order valence-electron chi connectivity index (χ0n) is 18.8. The molecule has 1 atom stereocenters. The second kappa shape index (κ2) is 8.03. The lowest BCUT2D eigenvalue weighted by atomic mass is 9.99. The number of pyridine rings is 2. The SMILES string of the molecule is Cc1ccncc1-c1cc2cc(Nc3cc4n(n3)CC(=O)N(C)CC4(C)O)ncc2c(Cl)c1F. The molecule has 8 nitrogen and oxygen atoms in total. The molecule has 1 aromatic carbocycles. The molecule has 3 aromatic heterocycles. The number of carbonyl (C=O) groups is 1. The quantitative estimate of drug-likeness (QED) is 0.460. The fourth-order valence-corrected chi connectivity index (χ4v) is 4.54. The molecule has 174 valence electrons. The molecule has 1 unspecified atom stereocenters. The molecule has 4 aromatic rings. The van der Waals surface area contributed by atoms with E-state index in [4.69, 9.17) is 11.6 Å². The van der Waals surface area contributed by atoms with Gasteiger partial charge in [0.15, 0.2) is 5.82 Å². The zero-order chi connectivity index (χ0) is 24.2. The van der Waals surface area contributed by atoms with E-state index in [-0.39, 0.29) is 24.0 Å². The van der Waals surface area contributed by atoms with E-state index in [1.54, 1.807) is 44.6 Å². The largest absolute Gasteiger partial charge is 0.382 e. The van der Waals surface area contributed by atoms with Crippen LogP contribution in [-0.4, -0.2) is 49.3 Å². The number of likely N-dealkylation sites (N-methyl/N-ethyl adjacent to an activating group) is 1. The van der Waals surface area contributed by atoms with E-state index < -0.39 is 11.4 Å². The first-order chi connectivity index (χ1) is 16.1. The monoisotopic (exact) mass is 480 g/mol. The summed E-state index contributed by atoms with van der Waals surface area (Å²) in [5.41, 5.74) is 1.15. The summed E-state index contributed by atoms with van der Waals surface area (Å²) in [4.78, 5) is 22.2. The molecule has 0 fully saturated rings.